The van der Waals surface area contributed by atoms with Crippen LogP contribution in [0.15, 0.2) is 24.3 Å². The molecule has 1 aliphatic carbocycles. The van der Waals surface area contributed by atoms with Crippen molar-refractivity contribution in [2.24, 2.45) is 11.8 Å². The van der Waals surface area contributed by atoms with Crippen molar-refractivity contribution in [3.8, 4) is 0 Å². The minimum atomic E-state index is 0.734. The molecule has 0 spiro atoms. The van der Waals surface area contributed by atoms with Crippen LogP contribution in [0.5, 0.6) is 0 Å². The second kappa shape index (κ2) is 4.72. The normalized spacial score (nSPS) is 32.6. The second-order valence-corrected chi connectivity index (χ2v) is 5.97. The van der Waals surface area contributed by atoms with Gasteiger partial charge in [0.15, 0.2) is 0 Å². The highest BCUT2D eigenvalue weighted by atomic mass is 14.9. The molecule has 1 aromatic rings. The fourth-order valence-electron chi connectivity index (χ4n) is 3.50. The molecular formula is C16H23N. The molecule has 1 heterocycles. The summed E-state index contributed by atoms with van der Waals surface area (Å²) in [6.07, 6.45) is 8.33. The first-order valence-corrected chi connectivity index (χ1v) is 7.17. The summed E-state index contributed by atoms with van der Waals surface area (Å²) in [6.45, 7) is 2.40. The molecule has 1 N–H and O–H groups in total. The van der Waals surface area contributed by atoms with E-state index in [1.165, 1.54) is 49.8 Å². The van der Waals surface area contributed by atoms with Crippen LogP contribution in [0.25, 0.3) is 0 Å². The van der Waals surface area contributed by atoms with E-state index in [9.17, 15) is 0 Å². The molecule has 2 aliphatic rings. The first-order chi connectivity index (χ1) is 8.33. The Labute approximate surface area is 105 Å². The summed E-state index contributed by atoms with van der Waals surface area (Å²) in [6, 6.07) is 9.55. The maximum Gasteiger partial charge on any atom is 0.0374 e. The van der Waals surface area contributed by atoms with Crippen molar-refractivity contribution < 1.29 is 0 Å². The van der Waals surface area contributed by atoms with Crippen molar-refractivity contribution in [3.63, 3.8) is 0 Å². The van der Waals surface area contributed by atoms with Gasteiger partial charge < -0.3 is 5.32 Å². The minimum absolute atomic E-state index is 0.734. The number of nitrogens with one attached hydrogen (secondary N) is 1. The van der Waals surface area contributed by atoms with Gasteiger partial charge in [-0.25, -0.2) is 0 Å². The fraction of sp³-hybridized carbons (Fsp3) is 0.625. The fourth-order valence-corrected chi connectivity index (χ4v) is 3.50. The van der Waals surface area contributed by atoms with Crippen molar-refractivity contribution >= 4 is 5.69 Å². The topological polar surface area (TPSA) is 12.0 Å². The van der Waals surface area contributed by atoms with Crippen LogP contribution in [0.3, 0.4) is 0 Å². The standard InChI is InChI=1S/C16H23N/c1-12-6-8-14(9-7-12)16-11-10-13-4-2-3-5-15(13)17-16/h2-5,12,14,16-17H,6-11H2,1H3. The van der Waals surface area contributed by atoms with Gasteiger partial charge in [0.1, 0.15) is 0 Å². The molecule has 3 rings (SSSR count). The first-order valence-electron chi connectivity index (χ1n) is 7.17. The van der Waals surface area contributed by atoms with Gasteiger partial charge >= 0.3 is 0 Å². The van der Waals surface area contributed by atoms with Crippen LogP contribution in [-0.4, -0.2) is 6.04 Å². The van der Waals surface area contributed by atoms with Gasteiger partial charge in [0.25, 0.3) is 0 Å². The molecule has 1 heteroatoms. The Kier molecular flexibility index (Phi) is 3.09. The number of benzene rings is 1. The van der Waals surface area contributed by atoms with E-state index in [1.54, 1.807) is 0 Å². The molecule has 0 bridgehead atoms. The lowest BCUT2D eigenvalue weighted by Gasteiger charge is -2.36. The summed E-state index contributed by atoms with van der Waals surface area (Å²) in [5, 5.41) is 3.78. The third-order valence-corrected chi connectivity index (χ3v) is 4.71. The summed E-state index contributed by atoms with van der Waals surface area (Å²) in [5.41, 5.74) is 2.90. The number of hydrogen-bond donors (Lipinski definition) is 1. The van der Waals surface area contributed by atoms with Crippen LogP contribution in [0, 0.1) is 11.8 Å². The van der Waals surface area contributed by atoms with Gasteiger partial charge in [-0.15, -0.1) is 0 Å². The Morgan fingerprint density at radius 2 is 1.76 bits per heavy atom. The number of para-hydroxylation sites is 1. The van der Waals surface area contributed by atoms with E-state index in [0.29, 0.717) is 0 Å². The van der Waals surface area contributed by atoms with Crippen molar-refractivity contribution in [3.05, 3.63) is 29.8 Å². The summed E-state index contributed by atoms with van der Waals surface area (Å²) < 4.78 is 0. The molecule has 1 aromatic carbocycles. The molecule has 0 amide bonds. The Morgan fingerprint density at radius 3 is 2.59 bits per heavy atom. The number of fused-ring (bicyclic) bond motifs is 1. The van der Waals surface area contributed by atoms with Crippen molar-refractivity contribution in [1.82, 2.24) is 0 Å². The first kappa shape index (κ1) is 11.1. The monoisotopic (exact) mass is 229 g/mol. The van der Waals surface area contributed by atoms with Crippen LogP contribution < -0.4 is 5.32 Å². The molecule has 17 heavy (non-hydrogen) atoms. The molecule has 1 saturated carbocycles. The molecule has 1 aliphatic heterocycles. The predicted molar refractivity (Wildman–Crippen MR) is 73.3 cm³/mol. The third kappa shape index (κ3) is 2.34. The van der Waals surface area contributed by atoms with Gasteiger partial charge in [0.2, 0.25) is 0 Å². The van der Waals surface area contributed by atoms with Crippen LogP contribution in [0.2, 0.25) is 0 Å². The van der Waals surface area contributed by atoms with Gasteiger partial charge in [-0.2, -0.15) is 0 Å². The molecule has 1 fully saturated rings. The molecule has 92 valence electrons. The Bertz CT molecular complexity index is 377. The predicted octanol–water partition coefficient (Wildman–Crippen LogP) is 4.24. The van der Waals surface area contributed by atoms with E-state index in [1.807, 2.05) is 0 Å². The van der Waals surface area contributed by atoms with Crippen molar-refractivity contribution in [1.29, 1.82) is 0 Å². The third-order valence-electron chi connectivity index (χ3n) is 4.71. The smallest absolute Gasteiger partial charge is 0.0374 e. The number of anilines is 1. The van der Waals surface area contributed by atoms with Gasteiger partial charge in [-0.1, -0.05) is 38.0 Å². The van der Waals surface area contributed by atoms with E-state index < -0.39 is 0 Å². The minimum Gasteiger partial charge on any atom is -0.382 e. The van der Waals surface area contributed by atoms with Crippen LogP contribution in [0.4, 0.5) is 5.69 Å². The Hall–Kier alpha value is -0.980. The zero-order chi connectivity index (χ0) is 11.7. The van der Waals surface area contributed by atoms with Crippen LogP contribution >= 0.6 is 0 Å². The quantitative estimate of drug-likeness (QED) is 0.759. The van der Waals surface area contributed by atoms with E-state index in [0.717, 1.165) is 17.9 Å². The maximum absolute atomic E-state index is 3.78. The molecule has 1 unspecified atom stereocenters. The van der Waals surface area contributed by atoms with E-state index >= 15 is 0 Å². The van der Waals surface area contributed by atoms with E-state index in [-0.39, 0.29) is 0 Å². The highest BCUT2D eigenvalue weighted by Crippen LogP contribution is 2.35. The largest absolute Gasteiger partial charge is 0.382 e. The Balaban J connectivity index is 1.68. The molecule has 1 nitrogen and oxygen atoms in total. The van der Waals surface area contributed by atoms with E-state index in [4.69, 9.17) is 0 Å². The summed E-state index contributed by atoms with van der Waals surface area (Å²) >= 11 is 0. The average molecular weight is 229 g/mol. The SMILES string of the molecule is CC1CCC(C2CCc3ccccc3N2)CC1. The summed E-state index contributed by atoms with van der Waals surface area (Å²) in [5.74, 6) is 1.88. The van der Waals surface area contributed by atoms with Crippen molar-refractivity contribution in [2.45, 2.75) is 51.5 Å². The Morgan fingerprint density at radius 1 is 1.00 bits per heavy atom. The van der Waals surface area contributed by atoms with Crippen molar-refractivity contribution in [2.75, 3.05) is 5.32 Å². The molecule has 1 atom stereocenters. The van der Waals surface area contributed by atoms with Gasteiger partial charge in [-0.3, -0.25) is 0 Å². The van der Waals surface area contributed by atoms with Crippen LogP contribution in [0.1, 0.15) is 44.6 Å². The van der Waals surface area contributed by atoms with E-state index in [2.05, 4.69) is 36.5 Å². The second-order valence-electron chi connectivity index (χ2n) is 5.97. The zero-order valence-corrected chi connectivity index (χ0v) is 10.8. The lowest BCUT2D eigenvalue weighted by atomic mass is 9.77. The lowest BCUT2D eigenvalue weighted by Crippen LogP contribution is -2.35. The highest BCUT2D eigenvalue weighted by molar-refractivity contribution is 5.53. The summed E-state index contributed by atoms with van der Waals surface area (Å²) in [4.78, 5) is 0. The average Bonchev–Trinajstić information content (AvgIpc) is 2.39. The summed E-state index contributed by atoms with van der Waals surface area (Å²) in [7, 11) is 0. The molecule has 0 saturated heterocycles. The number of rotatable bonds is 1. The van der Waals surface area contributed by atoms with Gasteiger partial charge in [0.05, 0.1) is 0 Å². The molecular weight excluding hydrogens is 206 g/mol. The number of hydrogen-bond acceptors (Lipinski definition) is 1. The van der Waals surface area contributed by atoms with Gasteiger partial charge in [0, 0.05) is 11.7 Å². The maximum atomic E-state index is 3.78. The zero-order valence-electron chi connectivity index (χ0n) is 10.8. The lowest BCUT2D eigenvalue weighted by molar-refractivity contribution is 0.255. The molecule has 0 radical (unpaired) electrons. The van der Waals surface area contributed by atoms with Gasteiger partial charge in [-0.05, 0) is 49.1 Å². The number of aryl methyl sites for hydroxylation is 1. The molecule has 0 aromatic heterocycles. The highest BCUT2D eigenvalue weighted by Gasteiger charge is 2.28. The van der Waals surface area contributed by atoms with Crippen LogP contribution in [-0.2, 0) is 6.42 Å².